The fourth-order valence-corrected chi connectivity index (χ4v) is 5.26. The number of fused-ring (bicyclic) bond motifs is 1. The highest BCUT2D eigenvalue weighted by Gasteiger charge is 2.58. The summed E-state index contributed by atoms with van der Waals surface area (Å²) in [6.45, 7) is 3.56. The van der Waals surface area contributed by atoms with Crippen molar-refractivity contribution >= 4 is 16.9 Å². The summed E-state index contributed by atoms with van der Waals surface area (Å²) in [6, 6.07) is 11.2. The first kappa shape index (κ1) is 20.1. The van der Waals surface area contributed by atoms with Crippen LogP contribution in [0.15, 0.2) is 42.6 Å². The smallest absolute Gasteiger partial charge is 0.335 e. The van der Waals surface area contributed by atoms with Crippen molar-refractivity contribution in [2.75, 3.05) is 13.7 Å². The Bertz CT molecular complexity index is 1140. The molecule has 1 aliphatic heterocycles. The number of benzene rings is 2. The molecular weight excluding hydrogens is 395 g/mol. The van der Waals surface area contributed by atoms with Crippen molar-refractivity contribution in [3.63, 3.8) is 0 Å². The Morgan fingerprint density at radius 3 is 2.68 bits per heavy atom. The third-order valence-corrected chi connectivity index (χ3v) is 7.26. The Kier molecular flexibility index (Phi) is 4.77. The number of alkyl halides is 1. The van der Waals surface area contributed by atoms with Crippen LogP contribution in [0, 0.1) is 12.3 Å². The van der Waals surface area contributed by atoms with Gasteiger partial charge in [-0.25, -0.2) is 9.18 Å². The summed E-state index contributed by atoms with van der Waals surface area (Å²) >= 11 is 0. The number of hydrogen-bond acceptors (Lipinski definition) is 3. The van der Waals surface area contributed by atoms with Gasteiger partial charge in [0.15, 0.2) is 0 Å². The molecule has 0 radical (unpaired) electrons. The van der Waals surface area contributed by atoms with Gasteiger partial charge in [-0.2, -0.15) is 0 Å². The van der Waals surface area contributed by atoms with Gasteiger partial charge >= 0.3 is 5.97 Å². The van der Waals surface area contributed by atoms with E-state index in [9.17, 15) is 14.3 Å². The molecule has 2 heterocycles. The highest BCUT2D eigenvalue weighted by Crippen LogP contribution is 2.60. The van der Waals surface area contributed by atoms with Crippen LogP contribution in [0.3, 0.4) is 0 Å². The lowest BCUT2D eigenvalue weighted by molar-refractivity contribution is 0.0696. The third-order valence-electron chi connectivity index (χ3n) is 7.26. The molecule has 5 rings (SSSR count). The zero-order chi connectivity index (χ0) is 21.8. The average molecular weight is 423 g/mol. The van der Waals surface area contributed by atoms with Crippen molar-refractivity contribution in [1.82, 2.24) is 9.88 Å². The van der Waals surface area contributed by atoms with E-state index in [0.717, 1.165) is 52.7 Å². The standard InChI is InChI=1S/C25H27FN2O3/c1-15-11-21(31-2)19(18-7-9-27-23(15)18)14-28-10-8-25(13-22(25)26)12-20(28)16-3-5-17(6-4-16)24(29)30/h3-7,9,11,20,22,27H,8,10,12-14H2,1-2H3,(H,29,30). The van der Waals surface area contributed by atoms with E-state index in [2.05, 4.69) is 28.9 Å². The fraction of sp³-hybridized carbons (Fsp3) is 0.400. The van der Waals surface area contributed by atoms with Crippen LogP contribution in [0.1, 0.15) is 52.4 Å². The molecule has 0 bridgehead atoms. The molecule has 1 aliphatic carbocycles. The average Bonchev–Trinajstić information content (AvgIpc) is 3.15. The van der Waals surface area contributed by atoms with E-state index in [4.69, 9.17) is 4.74 Å². The minimum absolute atomic E-state index is 0.0392. The number of hydrogen-bond donors (Lipinski definition) is 2. The molecule has 1 aromatic heterocycles. The van der Waals surface area contributed by atoms with Gasteiger partial charge in [0.1, 0.15) is 11.9 Å². The normalized spacial score (nSPS) is 25.8. The zero-order valence-corrected chi connectivity index (χ0v) is 17.8. The summed E-state index contributed by atoms with van der Waals surface area (Å²) in [7, 11) is 1.70. The van der Waals surface area contributed by atoms with Crippen molar-refractivity contribution in [2.45, 2.75) is 44.9 Å². The van der Waals surface area contributed by atoms with Crippen molar-refractivity contribution in [2.24, 2.45) is 5.41 Å². The van der Waals surface area contributed by atoms with Crippen molar-refractivity contribution in [3.05, 3.63) is 64.8 Å². The second-order valence-corrected chi connectivity index (χ2v) is 9.04. The molecule has 0 amide bonds. The Labute approximate surface area is 180 Å². The number of nitrogens with one attached hydrogen (secondary N) is 1. The SMILES string of the molecule is COc1cc(C)c2[nH]ccc2c1CN1CCC2(CC1c1ccc(C(=O)O)cc1)CC2F. The lowest BCUT2D eigenvalue weighted by Crippen LogP contribution is -2.38. The highest BCUT2D eigenvalue weighted by molar-refractivity contribution is 5.88. The monoisotopic (exact) mass is 422 g/mol. The van der Waals surface area contributed by atoms with Crippen LogP contribution < -0.4 is 4.74 Å². The maximum atomic E-state index is 14.3. The number of carbonyl (C=O) groups is 1. The molecule has 31 heavy (non-hydrogen) atoms. The van der Waals surface area contributed by atoms with Crippen molar-refractivity contribution < 1.29 is 19.0 Å². The number of rotatable bonds is 5. The van der Waals surface area contributed by atoms with Crippen LogP contribution >= 0.6 is 0 Å². The molecule has 2 aromatic carbocycles. The summed E-state index contributed by atoms with van der Waals surface area (Å²) in [5.74, 6) is -0.0755. The van der Waals surface area contributed by atoms with Gasteiger partial charge in [-0.05, 0) is 68.1 Å². The van der Waals surface area contributed by atoms with Gasteiger partial charge in [0.25, 0.3) is 0 Å². The Morgan fingerprint density at radius 1 is 1.29 bits per heavy atom. The number of aromatic carboxylic acids is 1. The summed E-state index contributed by atoms with van der Waals surface area (Å²) in [5, 5.41) is 10.4. The molecule has 3 aromatic rings. The molecule has 2 aliphatic rings. The number of methoxy groups -OCH3 is 1. The number of aromatic nitrogens is 1. The van der Waals surface area contributed by atoms with Crippen molar-refractivity contribution in [1.29, 1.82) is 0 Å². The van der Waals surface area contributed by atoms with E-state index in [1.165, 1.54) is 0 Å². The predicted octanol–water partition coefficient (Wildman–Crippen LogP) is 5.25. The molecule has 2 N–H and O–H groups in total. The van der Waals surface area contributed by atoms with Crippen LogP contribution in [0.4, 0.5) is 4.39 Å². The number of halogens is 1. The van der Waals surface area contributed by atoms with E-state index in [1.807, 2.05) is 18.3 Å². The van der Waals surface area contributed by atoms with E-state index < -0.39 is 12.1 Å². The van der Waals surface area contributed by atoms with Gasteiger partial charge in [-0.1, -0.05) is 12.1 Å². The maximum Gasteiger partial charge on any atom is 0.335 e. The zero-order valence-electron chi connectivity index (χ0n) is 17.8. The van der Waals surface area contributed by atoms with Gasteiger partial charge < -0.3 is 14.8 Å². The first-order valence-corrected chi connectivity index (χ1v) is 10.8. The third kappa shape index (κ3) is 3.39. The lowest BCUT2D eigenvalue weighted by Gasteiger charge is -2.40. The number of nitrogens with zero attached hydrogens (tertiary/aromatic N) is 1. The summed E-state index contributed by atoms with van der Waals surface area (Å²) in [6.07, 6.45) is 3.47. The Balaban J connectivity index is 1.51. The second-order valence-electron chi connectivity index (χ2n) is 9.04. The molecule has 1 saturated carbocycles. The second kappa shape index (κ2) is 7.38. The first-order valence-electron chi connectivity index (χ1n) is 10.8. The van der Waals surface area contributed by atoms with Crippen LogP contribution in [0.5, 0.6) is 5.75 Å². The largest absolute Gasteiger partial charge is 0.496 e. The van der Waals surface area contributed by atoms with Crippen LogP contribution in [0.2, 0.25) is 0 Å². The number of likely N-dealkylation sites (tertiary alicyclic amines) is 1. The van der Waals surface area contributed by atoms with Crippen LogP contribution in [-0.4, -0.2) is 40.8 Å². The van der Waals surface area contributed by atoms with E-state index in [0.29, 0.717) is 13.0 Å². The minimum atomic E-state index is -0.936. The van der Waals surface area contributed by atoms with E-state index in [-0.39, 0.29) is 17.0 Å². The Morgan fingerprint density at radius 2 is 2.03 bits per heavy atom. The molecule has 3 unspecified atom stereocenters. The molecule has 1 saturated heterocycles. The van der Waals surface area contributed by atoms with E-state index >= 15 is 0 Å². The van der Waals surface area contributed by atoms with Gasteiger partial charge in [0, 0.05) is 40.7 Å². The number of H-pyrrole nitrogens is 1. The number of carboxylic acids is 1. The molecular formula is C25H27FN2O3. The Hall–Kier alpha value is -2.86. The lowest BCUT2D eigenvalue weighted by atomic mass is 9.83. The molecule has 3 atom stereocenters. The fourth-order valence-electron chi connectivity index (χ4n) is 5.26. The summed E-state index contributed by atoms with van der Waals surface area (Å²) < 4.78 is 20.0. The maximum absolute atomic E-state index is 14.3. The topological polar surface area (TPSA) is 65.6 Å². The molecule has 6 heteroatoms. The van der Waals surface area contributed by atoms with Gasteiger partial charge in [-0.15, -0.1) is 0 Å². The minimum Gasteiger partial charge on any atom is -0.496 e. The van der Waals surface area contributed by atoms with Gasteiger partial charge in [0.2, 0.25) is 0 Å². The van der Waals surface area contributed by atoms with Crippen molar-refractivity contribution in [3.8, 4) is 5.75 Å². The molecule has 162 valence electrons. The first-order chi connectivity index (χ1) is 14.9. The number of carboxylic acid groups (broad SMARTS) is 1. The molecule has 5 nitrogen and oxygen atoms in total. The summed E-state index contributed by atoms with van der Waals surface area (Å²) in [4.78, 5) is 17.0. The van der Waals surface area contributed by atoms with Gasteiger partial charge in [0.05, 0.1) is 12.7 Å². The summed E-state index contributed by atoms with van der Waals surface area (Å²) in [5.41, 5.74) is 4.47. The number of aryl methyl sites for hydroxylation is 1. The van der Waals surface area contributed by atoms with Crippen LogP contribution in [0.25, 0.3) is 10.9 Å². The van der Waals surface area contributed by atoms with Gasteiger partial charge in [-0.3, -0.25) is 4.90 Å². The highest BCUT2D eigenvalue weighted by atomic mass is 19.1. The quantitative estimate of drug-likeness (QED) is 0.590. The number of piperidine rings is 1. The van der Waals surface area contributed by atoms with Crippen LogP contribution in [-0.2, 0) is 6.54 Å². The molecule has 1 spiro atoms. The number of aromatic amines is 1. The van der Waals surface area contributed by atoms with E-state index in [1.54, 1.807) is 19.2 Å². The molecule has 2 fully saturated rings. The predicted molar refractivity (Wildman–Crippen MR) is 117 cm³/mol. The number of ether oxygens (including phenoxy) is 1.